The minimum Gasteiger partial charge on any atom is -0.480 e. The Morgan fingerprint density at radius 1 is 1.23 bits per heavy atom. The van der Waals surface area contributed by atoms with Crippen LogP contribution in [0.4, 0.5) is 0 Å². The van der Waals surface area contributed by atoms with Crippen LogP contribution < -0.4 is 0 Å². The van der Waals surface area contributed by atoms with E-state index in [4.69, 9.17) is 23.2 Å². The molecule has 1 aliphatic heterocycles. The van der Waals surface area contributed by atoms with E-state index in [-0.39, 0.29) is 27.8 Å². The monoisotopic (exact) mass is 417 g/mol. The lowest BCUT2D eigenvalue weighted by Gasteiger charge is -2.32. The van der Waals surface area contributed by atoms with E-state index in [1.54, 1.807) is 0 Å². The van der Waals surface area contributed by atoms with Crippen molar-refractivity contribution in [2.75, 3.05) is 6.54 Å². The second-order valence-corrected chi connectivity index (χ2v) is 8.72. The van der Waals surface area contributed by atoms with Gasteiger partial charge in [-0.05, 0) is 31.0 Å². The van der Waals surface area contributed by atoms with E-state index in [0.717, 1.165) is 12.1 Å². The van der Waals surface area contributed by atoms with Crippen LogP contribution in [0.2, 0.25) is 10.0 Å². The molecule has 1 N–H and O–H groups in total. The molecule has 0 amide bonds. The molecule has 0 aliphatic carbocycles. The zero-order valence-corrected chi connectivity index (χ0v) is 16.0. The van der Waals surface area contributed by atoms with Crippen LogP contribution in [0, 0.1) is 5.41 Å². The number of allylic oxidation sites excluding steroid dienone is 2. The zero-order chi connectivity index (χ0) is 19.7. The number of carbonyl (C=O) groups excluding carboxylic acids is 1. The zero-order valence-electron chi connectivity index (χ0n) is 13.7. The predicted molar refractivity (Wildman–Crippen MR) is 98.8 cm³/mol. The standard InChI is InChI=1S/C17H17Cl2NO5S/c1-3-5-17(6-4-2)14(21)10-20(15(17)16(22)23)26(24,25)13-8-11(18)7-12(19)9-13/h3-4,7-9,15H,1-2,5-6,10H2,(H,22,23)/t15-/m1/s1. The number of ketones is 1. The van der Waals surface area contributed by atoms with Gasteiger partial charge in [-0.3, -0.25) is 9.59 Å². The van der Waals surface area contributed by atoms with Crippen LogP contribution in [0.3, 0.4) is 0 Å². The van der Waals surface area contributed by atoms with Crippen molar-refractivity contribution >= 4 is 45.0 Å². The van der Waals surface area contributed by atoms with Crippen LogP contribution >= 0.6 is 23.2 Å². The van der Waals surface area contributed by atoms with Gasteiger partial charge in [0.15, 0.2) is 5.78 Å². The molecule has 1 saturated heterocycles. The molecule has 0 unspecified atom stereocenters. The first kappa shape index (κ1) is 20.6. The molecule has 1 aliphatic rings. The highest BCUT2D eigenvalue weighted by molar-refractivity contribution is 7.89. The Morgan fingerprint density at radius 3 is 2.15 bits per heavy atom. The van der Waals surface area contributed by atoms with E-state index < -0.39 is 39.8 Å². The van der Waals surface area contributed by atoms with Gasteiger partial charge in [-0.25, -0.2) is 8.42 Å². The van der Waals surface area contributed by atoms with Crippen LogP contribution in [-0.4, -0.2) is 42.2 Å². The molecule has 1 heterocycles. The highest BCUT2D eigenvalue weighted by Gasteiger charge is 2.59. The first-order valence-corrected chi connectivity index (χ1v) is 9.75. The summed E-state index contributed by atoms with van der Waals surface area (Å²) in [6.45, 7) is 6.57. The second kappa shape index (κ2) is 7.52. The largest absolute Gasteiger partial charge is 0.480 e. The Labute approximate surface area is 161 Å². The van der Waals surface area contributed by atoms with Crippen molar-refractivity contribution in [3.8, 4) is 0 Å². The third-order valence-corrected chi connectivity index (χ3v) is 6.59. The number of nitrogens with zero attached hydrogens (tertiary/aromatic N) is 1. The van der Waals surface area contributed by atoms with Gasteiger partial charge in [-0.2, -0.15) is 4.31 Å². The fourth-order valence-electron chi connectivity index (χ4n) is 3.26. The van der Waals surface area contributed by atoms with Gasteiger partial charge in [-0.15, -0.1) is 13.2 Å². The smallest absolute Gasteiger partial charge is 0.323 e. The minimum atomic E-state index is -4.32. The molecule has 9 heteroatoms. The van der Waals surface area contributed by atoms with Crippen molar-refractivity contribution in [1.29, 1.82) is 0 Å². The lowest BCUT2D eigenvalue weighted by atomic mass is 9.74. The number of carboxylic acids is 1. The number of halogens is 2. The van der Waals surface area contributed by atoms with E-state index in [2.05, 4.69) is 13.2 Å². The van der Waals surface area contributed by atoms with Gasteiger partial charge in [0.25, 0.3) is 0 Å². The molecule has 140 valence electrons. The Balaban J connectivity index is 2.64. The van der Waals surface area contributed by atoms with Crippen LogP contribution in [0.5, 0.6) is 0 Å². The Morgan fingerprint density at radius 2 is 1.73 bits per heavy atom. The summed E-state index contributed by atoms with van der Waals surface area (Å²) in [4.78, 5) is 24.4. The molecule has 1 aromatic carbocycles. The highest BCUT2D eigenvalue weighted by Crippen LogP contribution is 2.44. The number of carboxylic acid groups (broad SMARTS) is 1. The fourth-order valence-corrected chi connectivity index (χ4v) is 5.60. The molecule has 6 nitrogen and oxygen atoms in total. The third-order valence-electron chi connectivity index (χ3n) is 4.36. The average molecular weight is 418 g/mol. The maximum absolute atomic E-state index is 13.0. The van der Waals surface area contributed by atoms with Crippen molar-refractivity contribution in [2.45, 2.75) is 23.8 Å². The summed E-state index contributed by atoms with van der Waals surface area (Å²) < 4.78 is 26.8. The Hall–Kier alpha value is -1.67. The van der Waals surface area contributed by atoms with E-state index in [0.29, 0.717) is 4.31 Å². The molecule has 0 aromatic heterocycles. The van der Waals surface area contributed by atoms with Gasteiger partial charge in [0, 0.05) is 10.0 Å². The van der Waals surface area contributed by atoms with E-state index in [1.807, 2.05) is 0 Å². The van der Waals surface area contributed by atoms with Gasteiger partial charge in [0.2, 0.25) is 10.0 Å². The van der Waals surface area contributed by atoms with E-state index in [1.165, 1.54) is 18.2 Å². The van der Waals surface area contributed by atoms with Crippen molar-refractivity contribution in [1.82, 2.24) is 4.31 Å². The molecule has 0 radical (unpaired) electrons. The van der Waals surface area contributed by atoms with Gasteiger partial charge in [0.05, 0.1) is 16.9 Å². The van der Waals surface area contributed by atoms with Gasteiger partial charge >= 0.3 is 5.97 Å². The van der Waals surface area contributed by atoms with E-state index in [9.17, 15) is 23.1 Å². The molecule has 2 rings (SSSR count). The number of hydrogen-bond acceptors (Lipinski definition) is 4. The maximum Gasteiger partial charge on any atom is 0.323 e. The number of rotatable bonds is 7. The SMILES string of the molecule is C=CCC1(CC=C)C(=O)CN(S(=O)(=O)c2cc(Cl)cc(Cl)c2)[C@@H]1C(=O)O. The van der Waals surface area contributed by atoms with Crippen LogP contribution in [0.1, 0.15) is 12.8 Å². The number of hydrogen-bond donors (Lipinski definition) is 1. The molecule has 0 bridgehead atoms. The first-order chi connectivity index (χ1) is 12.1. The number of sulfonamides is 1. The van der Waals surface area contributed by atoms with Crippen LogP contribution in [0.25, 0.3) is 0 Å². The predicted octanol–water partition coefficient (Wildman–Crippen LogP) is 3.16. The number of carbonyl (C=O) groups is 2. The number of aliphatic carboxylic acids is 1. The van der Waals surface area contributed by atoms with Crippen molar-refractivity contribution in [2.24, 2.45) is 5.41 Å². The fraction of sp³-hybridized carbons (Fsp3) is 0.294. The normalized spacial score (nSPS) is 20.1. The molecule has 1 aromatic rings. The minimum absolute atomic E-state index is 0.0111. The van der Waals surface area contributed by atoms with Gasteiger partial charge in [-0.1, -0.05) is 35.4 Å². The second-order valence-electron chi connectivity index (χ2n) is 5.96. The summed E-state index contributed by atoms with van der Waals surface area (Å²) >= 11 is 11.7. The first-order valence-electron chi connectivity index (χ1n) is 7.56. The van der Waals surface area contributed by atoms with Crippen LogP contribution in [-0.2, 0) is 19.6 Å². The summed E-state index contributed by atoms with van der Waals surface area (Å²) in [5.74, 6) is -1.92. The average Bonchev–Trinajstić information content (AvgIpc) is 2.81. The highest BCUT2D eigenvalue weighted by atomic mass is 35.5. The quantitative estimate of drug-likeness (QED) is 0.687. The number of benzene rings is 1. The third kappa shape index (κ3) is 3.44. The summed E-state index contributed by atoms with van der Waals surface area (Å²) in [6, 6.07) is 2.08. The lowest BCUT2D eigenvalue weighted by molar-refractivity contribution is -0.146. The summed E-state index contributed by atoms with van der Waals surface area (Å²) in [7, 11) is -4.32. The molecular formula is C17H17Cl2NO5S. The van der Waals surface area contributed by atoms with Gasteiger partial charge < -0.3 is 5.11 Å². The molecule has 26 heavy (non-hydrogen) atoms. The molecule has 1 atom stereocenters. The summed E-state index contributed by atoms with van der Waals surface area (Å²) in [5, 5.41) is 9.89. The van der Waals surface area contributed by atoms with Crippen LogP contribution in [0.15, 0.2) is 48.4 Å². The van der Waals surface area contributed by atoms with Gasteiger partial charge in [0.1, 0.15) is 6.04 Å². The maximum atomic E-state index is 13.0. The van der Waals surface area contributed by atoms with E-state index >= 15 is 0 Å². The molecule has 1 fully saturated rings. The van der Waals surface area contributed by atoms with Crippen molar-refractivity contribution in [3.63, 3.8) is 0 Å². The Kier molecular flexibility index (Phi) is 5.97. The van der Waals surface area contributed by atoms with Crippen molar-refractivity contribution < 1.29 is 23.1 Å². The Bertz CT molecular complexity index is 851. The number of Topliss-reactive ketones (excluding diaryl/α,β-unsaturated/α-hetero) is 1. The summed E-state index contributed by atoms with van der Waals surface area (Å²) in [6.07, 6.45) is 2.84. The molecule has 0 saturated carbocycles. The lowest BCUT2D eigenvalue weighted by Crippen LogP contribution is -2.48. The summed E-state index contributed by atoms with van der Waals surface area (Å²) in [5.41, 5.74) is -1.45. The molecule has 0 spiro atoms. The topological polar surface area (TPSA) is 91.8 Å². The van der Waals surface area contributed by atoms with Crippen molar-refractivity contribution in [3.05, 3.63) is 53.6 Å². The molecular weight excluding hydrogens is 401 g/mol.